The molecule has 1 heterocycles. The van der Waals surface area contributed by atoms with Gasteiger partial charge in [-0.2, -0.15) is 0 Å². The molecule has 2 aromatic rings. The van der Waals surface area contributed by atoms with E-state index in [0.29, 0.717) is 36.2 Å². The number of carbonyl (C=O) groups is 1. The van der Waals surface area contributed by atoms with Crippen molar-refractivity contribution in [1.82, 2.24) is 9.80 Å². The Bertz CT molecular complexity index is 881. The van der Waals surface area contributed by atoms with Gasteiger partial charge in [0.25, 0.3) is 0 Å². The van der Waals surface area contributed by atoms with E-state index in [1.165, 1.54) is 0 Å². The van der Waals surface area contributed by atoms with Gasteiger partial charge < -0.3 is 20.2 Å². The zero-order valence-corrected chi connectivity index (χ0v) is 17.5. The third kappa shape index (κ3) is 5.27. The molecule has 1 aliphatic heterocycles. The summed E-state index contributed by atoms with van der Waals surface area (Å²) < 4.78 is 0. The van der Waals surface area contributed by atoms with Crippen LogP contribution in [0.2, 0.25) is 10.0 Å². The lowest BCUT2D eigenvalue weighted by Crippen LogP contribution is -2.50. The number of nitrogens with zero attached hydrogens (tertiary/aromatic N) is 4. The van der Waals surface area contributed by atoms with E-state index >= 15 is 0 Å². The van der Waals surface area contributed by atoms with E-state index in [4.69, 9.17) is 28.4 Å². The van der Waals surface area contributed by atoms with E-state index in [-0.39, 0.29) is 6.04 Å². The van der Waals surface area contributed by atoms with E-state index < -0.39 is 23.1 Å². The first-order valence-corrected chi connectivity index (χ1v) is 10.0. The minimum absolute atomic E-state index is 0.0508. The number of halogens is 2. The predicted molar refractivity (Wildman–Crippen MR) is 114 cm³/mol. The molecular weight excluding hydrogens is 431 g/mol. The number of benzene rings is 2. The van der Waals surface area contributed by atoms with Crippen LogP contribution in [-0.4, -0.2) is 57.9 Å². The highest BCUT2D eigenvalue weighted by atomic mass is 35.5. The highest BCUT2D eigenvalue weighted by molar-refractivity contribution is 6.30. The number of amidine groups is 1. The molecule has 2 aromatic carbocycles. The summed E-state index contributed by atoms with van der Waals surface area (Å²) in [5.74, 6) is -1.20. The molecule has 10 heteroatoms. The van der Waals surface area contributed by atoms with Crippen LogP contribution >= 0.6 is 23.2 Å². The summed E-state index contributed by atoms with van der Waals surface area (Å²) in [4.78, 5) is 26.0. The number of amides is 1. The maximum absolute atomic E-state index is 12.3. The summed E-state index contributed by atoms with van der Waals surface area (Å²) in [6.07, 6.45) is -0.540. The molecule has 0 unspecified atom stereocenters. The molecule has 30 heavy (non-hydrogen) atoms. The SMILES string of the molecule is O=C(CC(=NO)[N+](=O)[O-])N1CCN(C(c2ccc(Cl)cc2)c2ccc(Cl)cc2)CC1. The lowest BCUT2D eigenvalue weighted by molar-refractivity contribution is -0.354. The summed E-state index contributed by atoms with van der Waals surface area (Å²) in [7, 11) is 0. The molecule has 0 spiro atoms. The third-order valence-electron chi connectivity index (χ3n) is 5.04. The van der Waals surface area contributed by atoms with Crippen molar-refractivity contribution in [2.45, 2.75) is 12.5 Å². The van der Waals surface area contributed by atoms with Crippen molar-refractivity contribution < 1.29 is 14.9 Å². The molecule has 158 valence electrons. The fourth-order valence-electron chi connectivity index (χ4n) is 3.52. The third-order valence-corrected chi connectivity index (χ3v) is 5.54. The van der Waals surface area contributed by atoms with Gasteiger partial charge in [0.2, 0.25) is 5.91 Å². The molecule has 1 fully saturated rings. The minimum Gasteiger partial charge on any atom is -0.358 e. The topological polar surface area (TPSA) is 99.3 Å². The fraction of sp³-hybridized carbons (Fsp3) is 0.300. The van der Waals surface area contributed by atoms with Crippen molar-refractivity contribution in [1.29, 1.82) is 0 Å². The van der Waals surface area contributed by atoms with Crippen LogP contribution in [0.4, 0.5) is 0 Å². The first-order valence-electron chi connectivity index (χ1n) is 9.27. The number of oxime groups is 1. The second-order valence-corrected chi connectivity index (χ2v) is 7.75. The second kappa shape index (κ2) is 9.88. The van der Waals surface area contributed by atoms with E-state index in [1.807, 2.05) is 48.5 Å². The van der Waals surface area contributed by atoms with Crippen molar-refractivity contribution in [3.63, 3.8) is 0 Å². The second-order valence-electron chi connectivity index (χ2n) is 6.87. The Morgan fingerprint density at radius 1 is 1.00 bits per heavy atom. The first-order chi connectivity index (χ1) is 14.4. The van der Waals surface area contributed by atoms with Gasteiger partial charge in [-0.15, -0.1) is 0 Å². The average molecular weight is 451 g/mol. The summed E-state index contributed by atoms with van der Waals surface area (Å²) in [6.45, 7) is 1.97. The van der Waals surface area contributed by atoms with Crippen LogP contribution in [0.3, 0.4) is 0 Å². The van der Waals surface area contributed by atoms with Crippen LogP contribution in [0.1, 0.15) is 23.6 Å². The van der Waals surface area contributed by atoms with Gasteiger partial charge in [-0.1, -0.05) is 47.5 Å². The normalized spacial score (nSPS) is 15.4. The van der Waals surface area contributed by atoms with E-state index in [9.17, 15) is 14.9 Å². The zero-order valence-electron chi connectivity index (χ0n) is 15.9. The predicted octanol–water partition coefficient (Wildman–Crippen LogP) is 3.68. The van der Waals surface area contributed by atoms with Crippen LogP contribution in [0.25, 0.3) is 0 Å². The van der Waals surface area contributed by atoms with Crippen LogP contribution < -0.4 is 0 Å². The Kier molecular flexibility index (Phi) is 7.25. The molecule has 8 nitrogen and oxygen atoms in total. The number of hydrogen-bond donors (Lipinski definition) is 1. The number of nitro groups is 1. The van der Waals surface area contributed by atoms with Crippen LogP contribution in [-0.2, 0) is 4.79 Å². The Hall–Kier alpha value is -2.68. The van der Waals surface area contributed by atoms with Gasteiger partial charge in [-0.3, -0.25) is 9.69 Å². The number of carbonyl (C=O) groups excluding carboxylic acids is 1. The number of piperazine rings is 1. The average Bonchev–Trinajstić information content (AvgIpc) is 2.75. The van der Waals surface area contributed by atoms with Gasteiger partial charge in [-0.05, 0) is 40.3 Å². The van der Waals surface area contributed by atoms with Crippen LogP contribution in [0.15, 0.2) is 53.7 Å². The molecule has 0 radical (unpaired) electrons. The summed E-state index contributed by atoms with van der Waals surface area (Å²) >= 11 is 12.1. The molecule has 1 saturated heterocycles. The summed E-state index contributed by atoms with van der Waals surface area (Å²) in [5, 5.41) is 23.4. The Labute approximate surface area is 183 Å². The minimum atomic E-state index is -0.856. The lowest BCUT2D eigenvalue weighted by atomic mass is 9.96. The molecule has 0 atom stereocenters. The molecule has 1 N–H and O–H groups in total. The van der Waals surface area contributed by atoms with Crippen molar-refractivity contribution >= 4 is 34.9 Å². The highest BCUT2D eigenvalue weighted by Gasteiger charge is 2.30. The van der Waals surface area contributed by atoms with Crippen LogP contribution in [0, 0.1) is 10.1 Å². The molecule has 0 bridgehead atoms. The summed E-state index contributed by atoms with van der Waals surface area (Å²) in [5.41, 5.74) is 2.12. The Morgan fingerprint density at radius 2 is 1.47 bits per heavy atom. The lowest BCUT2D eigenvalue weighted by Gasteiger charge is -2.39. The maximum Gasteiger partial charge on any atom is 0.394 e. The zero-order chi connectivity index (χ0) is 21.7. The van der Waals surface area contributed by atoms with Gasteiger partial charge >= 0.3 is 5.84 Å². The van der Waals surface area contributed by atoms with Crippen molar-refractivity contribution in [2.24, 2.45) is 5.16 Å². The fourth-order valence-corrected chi connectivity index (χ4v) is 3.77. The molecule has 0 aliphatic carbocycles. The smallest absolute Gasteiger partial charge is 0.358 e. The monoisotopic (exact) mass is 450 g/mol. The maximum atomic E-state index is 12.3. The van der Waals surface area contributed by atoms with E-state index in [2.05, 4.69) is 10.1 Å². The molecule has 0 aromatic heterocycles. The van der Waals surface area contributed by atoms with E-state index in [1.54, 1.807) is 4.90 Å². The Balaban J connectivity index is 1.75. The first kappa shape index (κ1) is 22.0. The van der Waals surface area contributed by atoms with Gasteiger partial charge in [0.15, 0.2) is 5.16 Å². The van der Waals surface area contributed by atoms with Crippen molar-refractivity contribution in [3.8, 4) is 0 Å². The standard InChI is InChI=1S/C20H20Cl2N4O4/c21-16-5-1-14(2-6-16)20(15-3-7-17(22)8-4-15)25-11-9-24(10-12-25)19(27)13-18(23-28)26(29)30/h1-8,20,28H,9-13H2. The molecular formula is C20H20Cl2N4O4. The molecule has 0 saturated carbocycles. The molecule has 1 amide bonds. The van der Waals surface area contributed by atoms with Crippen molar-refractivity contribution in [2.75, 3.05) is 26.2 Å². The Morgan fingerprint density at radius 3 is 1.87 bits per heavy atom. The number of hydrogen-bond acceptors (Lipinski definition) is 6. The summed E-state index contributed by atoms with van der Waals surface area (Å²) in [6, 6.07) is 15.2. The van der Waals surface area contributed by atoms with Crippen molar-refractivity contribution in [3.05, 3.63) is 79.8 Å². The largest absolute Gasteiger partial charge is 0.394 e. The molecule has 3 rings (SSSR count). The molecule has 1 aliphatic rings. The van der Waals surface area contributed by atoms with Gasteiger partial charge in [0.05, 0.1) is 6.04 Å². The van der Waals surface area contributed by atoms with Gasteiger partial charge in [-0.25, -0.2) is 0 Å². The van der Waals surface area contributed by atoms with E-state index in [0.717, 1.165) is 11.1 Å². The van der Waals surface area contributed by atoms with Gasteiger partial charge in [0, 0.05) is 36.2 Å². The quantitative estimate of drug-likeness (QED) is 0.246. The van der Waals surface area contributed by atoms with Crippen LogP contribution in [0.5, 0.6) is 0 Å². The van der Waals surface area contributed by atoms with Gasteiger partial charge in [0.1, 0.15) is 6.42 Å². The number of rotatable bonds is 5. The highest BCUT2D eigenvalue weighted by Crippen LogP contribution is 2.31.